The van der Waals surface area contributed by atoms with E-state index in [1.54, 1.807) is 18.6 Å². The molecular weight excluding hydrogens is 295 g/mol. The Morgan fingerprint density at radius 3 is 2.67 bits per heavy atom. The molecule has 8 heteroatoms. The molecule has 1 atom stereocenters. The third-order valence-corrected chi connectivity index (χ3v) is 3.26. The Kier molecular flexibility index (Phi) is 4.37. The largest absolute Gasteiger partial charge is 0.377 e. The molecular formula is C13H15FN4O2S. The van der Waals surface area contributed by atoms with Crippen molar-refractivity contribution in [1.82, 2.24) is 9.97 Å². The van der Waals surface area contributed by atoms with E-state index in [0.29, 0.717) is 5.69 Å². The lowest BCUT2D eigenvalue weighted by atomic mass is 10.2. The summed E-state index contributed by atoms with van der Waals surface area (Å²) < 4.78 is 38.1. The van der Waals surface area contributed by atoms with Crippen LogP contribution in [0.25, 0.3) is 0 Å². The first-order chi connectivity index (χ1) is 9.85. The van der Waals surface area contributed by atoms with Gasteiger partial charge in [0.05, 0.1) is 29.9 Å². The van der Waals surface area contributed by atoms with Crippen molar-refractivity contribution in [3.63, 3.8) is 0 Å². The third kappa shape index (κ3) is 4.38. The number of nitrogens with zero attached hydrogens (tertiary/aromatic N) is 2. The minimum absolute atomic E-state index is 0.103. The van der Waals surface area contributed by atoms with E-state index in [1.807, 2.05) is 6.92 Å². The predicted octanol–water partition coefficient (Wildman–Crippen LogP) is 2.16. The lowest BCUT2D eigenvalue weighted by Gasteiger charge is -2.15. The molecule has 2 aromatic rings. The summed E-state index contributed by atoms with van der Waals surface area (Å²) in [7, 11) is -3.54. The van der Waals surface area contributed by atoms with Gasteiger partial charge in [0, 0.05) is 18.1 Å². The van der Waals surface area contributed by atoms with Crippen molar-refractivity contribution in [2.24, 2.45) is 0 Å². The van der Waals surface area contributed by atoms with E-state index in [2.05, 4.69) is 20.0 Å². The summed E-state index contributed by atoms with van der Waals surface area (Å²) in [5, 5.41) is 3.11. The minimum Gasteiger partial charge on any atom is -0.377 e. The number of nitrogens with one attached hydrogen (secondary N) is 2. The van der Waals surface area contributed by atoms with E-state index in [-0.39, 0.29) is 11.7 Å². The highest BCUT2D eigenvalue weighted by molar-refractivity contribution is 7.92. The average molecular weight is 310 g/mol. The monoisotopic (exact) mass is 310 g/mol. The fourth-order valence-electron chi connectivity index (χ4n) is 1.75. The van der Waals surface area contributed by atoms with Gasteiger partial charge < -0.3 is 5.32 Å². The number of halogens is 1. The van der Waals surface area contributed by atoms with Crippen molar-refractivity contribution >= 4 is 21.4 Å². The zero-order chi connectivity index (χ0) is 15.5. The molecule has 0 spiro atoms. The molecule has 0 aliphatic heterocycles. The molecule has 0 aliphatic carbocycles. The Labute approximate surface area is 122 Å². The van der Waals surface area contributed by atoms with Crippen LogP contribution in [-0.4, -0.2) is 24.6 Å². The van der Waals surface area contributed by atoms with Gasteiger partial charge in [-0.15, -0.1) is 0 Å². The highest BCUT2D eigenvalue weighted by Crippen LogP contribution is 2.23. The number of anilines is 2. The minimum atomic E-state index is -3.54. The smallest absolute Gasteiger partial charge is 0.229 e. The molecule has 0 amide bonds. The lowest BCUT2D eigenvalue weighted by molar-refractivity contribution is 0.603. The number of hydrogen-bond donors (Lipinski definition) is 2. The summed E-state index contributed by atoms with van der Waals surface area (Å²) in [5.41, 5.74) is 1.19. The van der Waals surface area contributed by atoms with E-state index < -0.39 is 15.8 Å². The zero-order valence-electron chi connectivity index (χ0n) is 11.5. The van der Waals surface area contributed by atoms with Crippen molar-refractivity contribution in [1.29, 1.82) is 0 Å². The molecule has 0 saturated carbocycles. The highest BCUT2D eigenvalue weighted by Gasteiger charge is 2.11. The number of aromatic nitrogens is 2. The molecule has 0 aliphatic rings. The first-order valence-electron chi connectivity index (χ1n) is 6.15. The standard InChI is InChI=1S/C13H15FN4O2S/c1-9(13-8-15-5-6-16-13)17-10-3-4-11(14)12(7-10)18-21(2,19)20/h3-9,17-18H,1-2H3. The summed E-state index contributed by atoms with van der Waals surface area (Å²) in [6.45, 7) is 1.87. The maximum absolute atomic E-state index is 13.6. The summed E-state index contributed by atoms with van der Waals surface area (Å²) >= 11 is 0. The van der Waals surface area contributed by atoms with Crippen molar-refractivity contribution < 1.29 is 12.8 Å². The Morgan fingerprint density at radius 1 is 1.29 bits per heavy atom. The maximum atomic E-state index is 13.6. The van der Waals surface area contributed by atoms with Gasteiger partial charge in [-0.25, -0.2) is 12.8 Å². The molecule has 6 nitrogen and oxygen atoms in total. The number of benzene rings is 1. The lowest BCUT2D eigenvalue weighted by Crippen LogP contribution is -2.12. The van der Waals surface area contributed by atoms with Crippen LogP contribution in [0.3, 0.4) is 0 Å². The molecule has 1 unspecified atom stereocenters. The first kappa shape index (κ1) is 15.2. The average Bonchev–Trinajstić information content (AvgIpc) is 2.42. The van der Waals surface area contributed by atoms with Gasteiger partial charge in [0.1, 0.15) is 5.82 Å². The van der Waals surface area contributed by atoms with E-state index in [1.165, 1.54) is 18.2 Å². The van der Waals surface area contributed by atoms with Crippen LogP contribution in [0.1, 0.15) is 18.7 Å². The van der Waals surface area contributed by atoms with Crippen LogP contribution in [-0.2, 0) is 10.0 Å². The van der Waals surface area contributed by atoms with Gasteiger partial charge in [-0.2, -0.15) is 0 Å². The molecule has 2 rings (SSSR count). The molecule has 2 N–H and O–H groups in total. The normalized spacial score (nSPS) is 12.7. The highest BCUT2D eigenvalue weighted by atomic mass is 32.2. The third-order valence-electron chi connectivity index (χ3n) is 2.67. The van der Waals surface area contributed by atoms with E-state index in [0.717, 1.165) is 11.9 Å². The fraction of sp³-hybridized carbons (Fsp3) is 0.231. The van der Waals surface area contributed by atoms with Gasteiger partial charge >= 0.3 is 0 Å². The van der Waals surface area contributed by atoms with Crippen molar-refractivity contribution in [3.8, 4) is 0 Å². The molecule has 1 aromatic heterocycles. The summed E-state index contributed by atoms with van der Waals surface area (Å²) in [6, 6.07) is 3.95. The van der Waals surface area contributed by atoms with Gasteiger partial charge in [-0.1, -0.05) is 0 Å². The van der Waals surface area contributed by atoms with E-state index in [9.17, 15) is 12.8 Å². The Balaban J connectivity index is 2.19. The topological polar surface area (TPSA) is 84.0 Å². The maximum Gasteiger partial charge on any atom is 0.229 e. The van der Waals surface area contributed by atoms with Crippen LogP contribution in [0.4, 0.5) is 15.8 Å². The van der Waals surface area contributed by atoms with Crippen LogP contribution in [0.15, 0.2) is 36.8 Å². The Bertz CT molecular complexity index is 722. The van der Waals surface area contributed by atoms with Gasteiger partial charge in [0.25, 0.3) is 0 Å². The quantitative estimate of drug-likeness (QED) is 0.884. The number of sulfonamides is 1. The Morgan fingerprint density at radius 2 is 2.05 bits per heavy atom. The summed E-state index contributed by atoms with van der Waals surface area (Å²) in [5.74, 6) is -0.641. The van der Waals surface area contributed by atoms with Crippen LogP contribution in [0.5, 0.6) is 0 Å². The number of hydrogen-bond acceptors (Lipinski definition) is 5. The summed E-state index contributed by atoms with van der Waals surface area (Å²) in [4.78, 5) is 8.14. The van der Waals surface area contributed by atoms with Crippen LogP contribution in [0, 0.1) is 5.82 Å². The van der Waals surface area contributed by atoms with Crippen molar-refractivity contribution in [2.45, 2.75) is 13.0 Å². The van der Waals surface area contributed by atoms with Gasteiger partial charge in [-0.3, -0.25) is 14.7 Å². The molecule has 21 heavy (non-hydrogen) atoms. The van der Waals surface area contributed by atoms with Crippen molar-refractivity contribution in [2.75, 3.05) is 16.3 Å². The SMILES string of the molecule is CC(Nc1ccc(F)c(NS(C)(=O)=O)c1)c1cnccn1. The van der Waals surface area contributed by atoms with Crippen LogP contribution in [0.2, 0.25) is 0 Å². The molecule has 0 fully saturated rings. The second-order valence-corrected chi connectivity index (χ2v) is 6.31. The predicted molar refractivity (Wildman–Crippen MR) is 78.9 cm³/mol. The zero-order valence-corrected chi connectivity index (χ0v) is 12.4. The molecule has 1 aromatic carbocycles. The Hall–Kier alpha value is -2.22. The fourth-order valence-corrected chi connectivity index (χ4v) is 2.31. The molecule has 1 heterocycles. The first-order valence-corrected chi connectivity index (χ1v) is 8.04. The molecule has 0 bridgehead atoms. The van der Waals surface area contributed by atoms with Gasteiger partial charge in [0.2, 0.25) is 10.0 Å². The van der Waals surface area contributed by atoms with Crippen LogP contribution >= 0.6 is 0 Å². The number of rotatable bonds is 5. The molecule has 0 radical (unpaired) electrons. The summed E-state index contributed by atoms with van der Waals surface area (Å²) in [6.07, 6.45) is 5.74. The van der Waals surface area contributed by atoms with Crippen LogP contribution < -0.4 is 10.0 Å². The second-order valence-electron chi connectivity index (χ2n) is 4.57. The van der Waals surface area contributed by atoms with Gasteiger partial charge in [-0.05, 0) is 25.1 Å². The van der Waals surface area contributed by atoms with E-state index in [4.69, 9.17) is 0 Å². The second kappa shape index (κ2) is 6.04. The van der Waals surface area contributed by atoms with Crippen molar-refractivity contribution in [3.05, 3.63) is 48.3 Å². The molecule has 112 valence electrons. The molecule has 0 saturated heterocycles. The van der Waals surface area contributed by atoms with E-state index >= 15 is 0 Å². The van der Waals surface area contributed by atoms with Gasteiger partial charge in [0.15, 0.2) is 0 Å².